The van der Waals surface area contributed by atoms with Crippen LogP contribution in [-0.2, 0) is 4.79 Å². The van der Waals surface area contributed by atoms with Gasteiger partial charge in [0, 0.05) is 56.3 Å². The molecule has 3 atom stereocenters. The second-order valence-electron chi connectivity index (χ2n) is 12.2. The highest BCUT2D eigenvalue weighted by Crippen LogP contribution is 2.44. The van der Waals surface area contributed by atoms with Gasteiger partial charge in [-0.25, -0.2) is 4.39 Å². The first-order valence-corrected chi connectivity index (χ1v) is 17.1. The quantitative estimate of drug-likeness (QED) is 0.0860. The fourth-order valence-corrected chi connectivity index (χ4v) is 7.21. The van der Waals surface area contributed by atoms with E-state index in [2.05, 4.69) is 22.9 Å². The van der Waals surface area contributed by atoms with Gasteiger partial charge in [0.25, 0.3) is 0 Å². The van der Waals surface area contributed by atoms with Gasteiger partial charge in [0.1, 0.15) is 5.83 Å². The van der Waals surface area contributed by atoms with Gasteiger partial charge in [0.2, 0.25) is 5.91 Å². The van der Waals surface area contributed by atoms with Gasteiger partial charge in [-0.3, -0.25) is 14.6 Å². The molecule has 1 fully saturated rings. The van der Waals surface area contributed by atoms with Crippen LogP contribution in [0.15, 0.2) is 90.3 Å². The summed E-state index contributed by atoms with van der Waals surface area (Å²) in [4.78, 5) is 18.2. The van der Waals surface area contributed by atoms with Crippen molar-refractivity contribution in [3.8, 4) is 0 Å². The first-order chi connectivity index (χ1) is 22.4. The van der Waals surface area contributed by atoms with Crippen molar-refractivity contribution in [2.45, 2.75) is 50.6 Å². The van der Waals surface area contributed by atoms with E-state index in [1.165, 1.54) is 11.0 Å². The van der Waals surface area contributed by atoms with Crippen LogP contribution in [0.25, 0.3) is 17.0 Å². The van der Waals surface area contributed by atoms with Crippen LogP contribution in [-0.4, -0.2) is 79.4 Å². The minimum Gasteiger partial charge on any atom is -0.398 e. The number of hydrogen-bond acceptors (Lipinski definition) is 4. The number of carbonyl (C=O) groups is 1. The molecule has 0 aliphatic carbocycles. The van der Waals surface area contributed by atoms with E-state index >= 15 is 4.39 Å². The maximum atomic E-state index is 15.1. The molecule has 252 valence electrons. The summed E-state index contributed by atoms with van der Waals surface area (Å²) < 4.78 is 57.6. The normalized spacial score (nSPS) is 20.5. The number of halogens is 4. The second kappa shape index (κ2) is 16.5. The Labute approximate surface area is 278 Å². The van der Waals surface area contributed by atoms with Crippen LogP contribution in [0.4, 0.5) is 23.2 Å². The molecule has 1 amide bonds. The summed E-state index contributed by atoms with van der Waals surface area (Å²) in [6.07, 6.45) is 5.87. The molecule has 0 saturated carbocycles. The van der Waals surface area contributed by atoms with Crippen molar-refractivity contribution in [3.63, 3.8) is 0 Å². The summed E-state index contributed by atoms with van der Waals surface area (Å²) in [5.41, 5.74) is 8.73. The zero-order valence-electron chi connectivity index (χ0n) is 27.5. The topological polar surface area (TPSA) is 52.8 Å². The van der Waals surface area contributed by atoms with Crippen molar-refractivity contribution in [1.82, 2.24) is 14.7 Å². The number of nitrogens with zero attached hydrogens (tertiary/aromatic N) is 3. The fourth-order valence-electron chi connectivity index (χ4n) is 5.97. The summed E-state index contributed by atoms with van der Waals surface area (Å²) in [5, 5.41) is 0. The first kappa shape index (κ1) is 36.3. The van der Waals surface area contributed by atoms with Crippen molar-refractivity contribution < 1.29 is 22.4 Å². The lowest BCUT2D eigenvalue weighted by molar-refractivity contribution is -0.124. The van der Waals surface area contributed by atoms with E-state index in [0.717, 1.165) is 25.9 Å². The van der Waals surface area contributed by atoms with E-state index in [0.29, 0.717) is 49.9 Å². The Morgan fingerprint density at radius 1 is 1.11 bits per heavy atom. The van der Waals surface area contributed by atoms with Crippen LogP contribution >= 0.6 is 8.58 Å². The van der Waals surface area contributed by atoms with Crippen LogP contribution in [0.1, 0.15) is 49.3 Å². The van der Waals surface area contributed by atoms with Crippen LogP contribution in [0.5, 0.6) is 0 Å². The van der Waals surface area contributed by atoms with E-state index in [9.17, 15) is 18.0 Å². The van der Waals surface area contributed by atoms with E-state index in [1.54, 1.807) is 68.7 Å². The maximum Gasteiger partial charge on any atom is 0.393 e. The number of nitrogen functional groups attached to an aromatic ring is 1. The Kier molecular flexibility index (Phi) is 12.8. The number of rotatable bonds is 11. The lowest BCUT2D eigenvalue weighted by Gasteiger charge is -2.41. The molecule has 2 heterocycles. The number of anilines is 1. The zero-order chi connectivity index (χ0) is 34.1. The fraction of sp³-hybridized carbons (Fsp3) is 0.378. The monoisotopic (exact) mass is 668 g/mol. The smallest absolute Gasteiger partial charge is 0.393 e. The number of benzene rings is 2. The van der Waals surface area contributed by atoms with Crippen molar-refractivity contribution in [2.75, 3.05) is 46.5 Å². The Bertz CT molecular complexity index is 1550. The predicted octanol–water partition coefficient (Wildman–Crippen LogP) is 8.35. The lowest BCUT2D eigenvalue weighted by Crippen LogP contribution is -2.48. The molecule has 0 radical (unpaired) electrons. The van der Waals surface area contributed by atoms with Crippen molar-refractivity contribution in [3.05, 3.63) is 107 Å². The molecule has 2 aliphatic rings. The molecule has 2 N–H and O–H groups in total. The summed E-state index contributed by atoms with van der Waals surface area (Å²) >= 11 is 0. The van der Waals surface area contributed by atoms with Crippen LogP contribution < -0.4 is 5.73 Å². The molecule has 10 heteroatoms. The van der Waals surface area contributed by atoms with E-state index in [1.807, 2.05) is 24.9 Å². The average Bonchev–Trinajstić information content (AvgIpc) is 3.05. The number of hydrogen-bond donors (Lipinski definition) is 1. The average molecular weight is 669 g/mol. The van der Waals surface area contributed by atoms with Crippen LogP contribution in [0.2, 0.25) is 0 Å². The molecular formula is C37H45F4N4OP. The molecule has 0 spiro atoms. The molecule has 5 nitrogen and oxygen atoms in total. The van der Waals surface area contributed by atoms with Crippen molar-refractivity contribution in [2.24, 2.45) is 0 Å². The second-order valence-corrected chi connectivity index (χ2v) is 13.4. The van der Waals surface area contributed by atoms with Crippen LogP contribution in [0.3, 0.4) is 0 Å². The highest BCUT2D eigenvalue weighted by Gasteiger charge is 2.33. The van der Waals surface area contributed by atoms with E-state index in [-0.39, 0.29) is 28.5 Å². The molecule has 0 bridgehead atoms. The summed E-state index contributed by atoms with van der Waals surface area (Å²) in [6, 6.07) is 13.7. The number of likely N-dealkylation sites (N-methyl/N-ethyl adjacent to an activating group) is 2. The summed E-state index contributed by atoms with van der Waals surface area (Å²) in [6.45, 7) is 4.26. The largest absolute Gasteiger partial charge is 0.398 e. The predicted molar refractivity (Wildman–Crippen MR) is 189 cm³/mol. The third-order valence-electron chi connectivity index (χ3n) is 8.48. The molecule has 47 heavy (non-hydrogen) atoms. The molecular weight excluding hydrogens is 623 g/mol. The Morgan fingerprint density at radius 2 is 1.85 bits per heavy atom. The highest BCUT2D eigenvalue weighted by atomic mass is 31.1. The molecule has 2 aliphatic heterocycles. The standard InChI is InChI=1S/C37H45F4N4OP/c1-5-11-32(38)30-22-27(16-18-33(30)42)36(31(23-37(39,40)41)26-12-7-6-8-13-26)28-17-19-35(47-25-28)45-21-9-14-29(24-45)44(4)20-10-15-34(46)43(2)3/h6-8,10-13,15-19,22,25,29,35,47H,5,9,14,20-21,23-24,42H2,1-4H3/b15-10+,32-11-,36-31-. The van der Waals surface area contributed by atoms with Gasteiger partial charge < -0.3 is 10.6 Å². The van der Waals surface area contributed by atoms with Gasteiger partial charge in [-0.2, -0.15) is 13.2 Å². The van der Waals surface area contributed by atoms with Gasteiger partial charge in [0.05, 0.1) is 6.42 Å². The van der Waals surface area contributed by atoms with Gasteiger partial charge in [-0.15, -0.1) is 0 Å². The maximum absolute atomic E-state index is 15.1. The number of amides is 1. The third-order valence-corrected chi connectivity index (χ3v) is 9.86. The van der Waals surface area contributed by atoms with E-state index < -0.39 is 18.4 Å². The molecule has 3 unspecified atom stereocenters. The summed E-state index contributed by atoms with van der Waals surface area (Å²) in [5.74, 6) is 1.62. The Hall–Kier alpha value is -3.52. The minimum absolute atomic E-state index is 0.0448. The first-order valence-electron chi connectivity index (χ1n) is 16.0. The van der Waals surface area contributed by atoms with Crippen molar-refractivity contribution >= 4 is 37.1 Å². The van der Waals surface area contributed by atoms with Gasteiger partial charge >= 0.3 is 6.18 Å². The number of likely N-dealkylation sites (tertiary alicyclic amines) is 1. The van der Waals surface area contributed by atoms with Gasteiger partial charge in [-0.05, 0) is 78.9 Å². The zero-order valence-corrected chi connectivity index (χ0v) is 28.5. The number of piperidine rings is 1. The molecule has 0 aromatic heterocycles. The van der Waals surface area contributed by atoms with Gasteiger partial charge in [-0.1, -0.05) is 75.9 Å². The number of nitrogens with two attached hydrogens (primary N) is 1. The molecule has 2 aromatic rings. The Balaban J connectivity index is 1.66. The molecule has 2 aromatic carbocycles. The lowest BCUT2D eigenvalue weighted by atomic mass is 9.86. The highest BCUT2D eigenvalue weighted by molar-refractivity contribution is 7.42. The number of alkyl halides is 3. The Morgan fingerprint density at radius 3 is 2.49 bits per heavy atom. The number of allylic oxidation sites excluding steroid dienone is 5. The molecule has 4 rings (SSSR count). The van der Waals surface area contributed by atoms with Crippen molar-refractivity contribution in [1.29, 1.82) is 0 Å². The van der Waals surface area contributed by atoms with E-state index in [4.69, 9.17) is 5.73 Å². The SMILES string of the molecule is CC/C=C(\F)c1cc(/C(C2=CPC(N3CCCC(N(C)C/C=C/C(=O)N(C)C)C3)C=C2)=C(\CC(F)(F)F)c2ccccc2)ccc1N. The molecule has 1 saturated heterocycles. The van der Waals surface area contributed by atoms with Gasteiger partial charge in [0.15, 0.2) is 0 Å². The number of carbonyl (C=O) groups excluding carboxylic acids is 1. The van der Waals surface area contributed by atoms with Crippen LogP contribution in [0, 0.1) is 0 Å². The third kappa shape index (κ3) is 9.99. The summed E-state index contributed by atoms with van der Waals surface area (Å²) in [7, 11) is 5.83. The minimum atomic E-state index is -4.46.